The fourth-order valence-electron chi connectivity index (χ4n) is 2.19. The van der Waals surface area contributed by atoms with E-state index < -0.39 is 0 Å². The maximum atomic E-state index is 12.0. The van der Waals surface area contributed by atoms with Crippen molar-refractivity contribution in [3.63, 3.8) is 0 Å². The summed E-state index contributed by atoms with van der Waals surface area (Å²) in [5.41, 5.74) is 0.0757. The van der Waals surface area contributed by atoms with Crippen molar-refractivity contribution in [1.29, 1.82) is 0 Å². The van der Waals surface area contributed by atoms with Crippen molar-refractivity contribution < 1.29 is 13.9 Å². The zero-order valence-electron chi connectivity index (χ0n) is 12.6. The molecule has 1 N–H and O–H groups in total. The van der Waals surface area contributed by atoms with Gasteiger partial charge < -0.3 is 14.5 Å². The molecule has 0 bridgehead atoms. The van der Waals surface area contributed by atoms with Gasteiger partial charge in [-0.1, -0.05) is 20.8 Å². The second-order valence-corrected chi connectivity index (χ2v) is 5.71. The molecule has 0 aromatic carbocycles. The third kappa shape index (κ3) is 3.61. The van der Waals surface area contributed by atoms with Crippen molar-refractivity contribution >= 4 is 5.91 Å². The summed E-state index contributed by atoms with van der Waals surface area (Å²) >= 11 is 0. The van der Waals surface area contributed by atoms with Crippen LogP contribution >= 0.6 is 0 Å². The largest absolute Gasteiger partial charge is 0.455 e. The van der Waals surface area contributed by atoms with Gasteiger partial charge in [0.25, 0.3) is 5.91 Å². The molecule has 0 saturated carbocycles. The van der Waals surface area contributed by atoms with Crippen molar-refractivity contribution in [1.82, 2.24) is 10.2 Å². The molecule has 1 aromatic rings. The summed E-state index contributed by atoms with van der Waals surface area (Å²) < 4.78 is 10.8. The highest BCUT2D eigenvalue weighted by atomic mass is 16.5. The van der Waals surface area contributed by atoms with E-state index in [0.29, 0.717) is 25.5 Å². The molecule has 5 nitrogen and oxygen atoms in total. The van der Waals surface area contributed by atoms with Crippen molar-refractivity contribution in [2.45, 2.75) is 27.3 Å². The minimum atomic E-state index is -0.149. The van der Waals surface area contributed by atoms with Gasteiger partial charge in [0.1, 0.15) is 5.76 Å². The molecule has 2 heterocycles. The van der Waals surface area contributed by atoms with E-state index in [4.69, 9.17) is 9.15 Å². The number of hydrogen-bond acceptors (Lipinski definition) is 4. The van der Waals surface area contributed by atoms with Gasteiger partial charge in [-0.15, -0.1) is 0 Å². The van der Waals surface area contributed by atoms with E-state index in [2.05, 4.69) is 31.0 Å². The Morgan fingerprint density at radius 2 is 2.05 bits per heavy atom. The van der Waals surface area contributed by atoms with E-state index in [9.17, 15) is 4.79 Å². The molecule has 1 amide bonds. The summed E-state index contributed by atoms with van der Waals surface area (Å²) in [5, 5.41) is 2.91. The van der Waals surface area contributed by atoms with Gasteiger partial charge in [-0.3, -0.25) is 9.69 Å². The van der Waals surface area contributed by atoms with Gasteiger partial charge in [0.15, 0.2) is 5.76 Å². The zero-order chi connectivity index (χ0) is 14.6. The Hall–Kier alpha value is -1.33. The molecule has 0 radical (unpaired) electrons. The molecule has 1 aliphatic heterocycles. The third-order valence-corrected chi connectivity index (χ3v) is 3.74. The Morgan fingerprint density at radius 3 is 2.60 bits per heavy atom. The first-order chi connectivity index (χ1) is 9.56. The lowest BCUT2D eigenvalue weighted by Gasteiger charge is -2.37. The van der Waals surface area contributed by atoms with Crippen LogP contribution in [-0.4, -0.2) is 43.7 Å². The number of furan rings is 1. The molecule has 112 valence electrons. The Bertz CT molecular complexity index is 448. The number of rotatable bonds is 7. The molecule has 1 aromatic heterocycles. The highest BCUT2D eigenvalue weighted by Gasteiger charge is 2.33. The van der Waals surface area contributed by atoms with Crippen LogP contribution in [0.25, 0.3) is 0 Å². The SMILES string of the molecule is CCN(CC)Cc1ccc(C(=O)NCC2(C)COC2)o1. The summed E-state index contributed by atoms with van der Waals surface area (Å²) in [7, 11) is 0. The molecule has 0 spiro atoms. The molecule has 1 fully saturated rings. The van der Waals surface area contributed by atoms with Gasteiger partial charge >= 0.3 is 0 Å². The monoisotopic (exact) mass is 280 g/mol. The quantitative estimate of drug-likeness (QED) is 0.828. The second kappa shape index (κ2) is 6.41. The third-order valence-electron chi connectivity index (χ3n) is 3.74. The number of nitrogens with one attached hydrogen (secondary N) is 1. The van der Waals surface area contributed by atoms with Crippen LogP contribution in [0.4, 0.5) is 0 Å². The normalized spacial score (nSPS) is 17.0. The van der Waals surface area contributed by atoms with Gasteiger partial charge in [-0.25, -0.2) is 0 Å². The number of carbonyl (C=O) groups excluding carboxylic acids is 1. The van der Waals surface area contributed by atoms with Crippen LogP contribution in [0.15, 0.2) is 16.5 Å². The molecule has 1 saturated heterocycles. The Kier molecular flexibility index (Phi) is 4.83. The number of carbonyl (C=O) groups is 1. The van der Waals surface area contributed by atoms with Crippen LogP contribution in [0.2, 0.25) is 0 Å². The molecule has 1 aliphatic rings. The van der Waals surface area contributed by atoms with E-state index >= 15 is 0 Å². The summed E-state index contributed by atoms with van der Waals surface area (Å²) in [6.45, 7) is 11.0. The Balaban J connectivity index is 1.86. The van der Waals surface area contributed by atoms with E-state index in [0.717, 1.165) is 25.4 Å². The van der Waals surface area contributed by atoms with Crippen molar-refractivity contribution in [3.05, 3.63) is 23.7 Å². The molecule has 0 atom stereocenters. The minimum Gasteiger partial charge on any atom is -0.455 e. The van der Waals surface area contributed by atoms with E-state index in [-0.39, 0.29) is 11.3 Å². The first-order valence-corrected chi connectivity index (χ1v) is 7.23. The average molecular weight is 280 g/mol. The van der Waals surface area contributed by atoms with E-state index in [1.165, 1.54) is 0 Å². The van der Waals surface area contributed by atoms with Crippen LogP contribution in [-0.2, 0) is 11.3 Å². The smallest absolute Gasteiger partial charge is 0.287 e. The van der Waals surface area contributed by atoms with Crippen LogP contribution in [0.5, 0.6) is 0 Å². The van der Waals surface area contributed by atoms with Crippen LogP contribution in [0, 0.1) is 5.41 Å². The molecular formula is C15H24N2O3. The number of amides is 1. The van der Waals surface area contributed by atoms with Crippen molar-refractivity contribution in [2.75, 3.05) is 32.8 Å². The van der Waals surface area contributed by atoms with Crippen LogP contribution < -0.4 is 5.32 Å². The van der Waals surface area contributed by atoms with Crippen molar-refractivity contribution in [2.24, 2.45) is 5.41 Å². The van der Waals surface area contributed by atoms with Crippen LogP contribution in [0.1, 0.15) is 37.1 Å². The summed E-state index contributed by atoms with van der Waals surface area (Å²) in [4.78, 5) is 14.3. The van der Waals surface area contributed by atoms with Crippen LogP contribution in [0.3, 0.4) is 0 Å². The highest BCUT2D eigenvalue weighted by molar-refractivity contribution is 5.91. The first-order valence-electron chi connectivity index (χ1n) is 7.23. The average Bonchev–Trinajstić information content (AvgIpc) is 2.88. The van der Waals surface area contributed by atoms with Crippen molar-refractivity contribution in [3.8, 4) is 0 Å². The predicted molar refractivity (Wildman–Crippen MR) is 76.6 cm³/mol. The fraction of sp³-hybridized carbons (Fsp3) is 0.667. The number of ether oxygens (including phenoxy) is 1. The minimum absolute atomic E-state index is 0.0757. The summed E-state index contributed by atoms with van der Waals surface area (Å²) in [5.74, 6) is 1.07. The van der Waals surface area contributed by atoms with E-state index in [1.807, 2.05) is 6.07 Å². The topological polar surface area (TPSA) is 54.7 Å². The second-order valence-electron chi connectivity index (χ2n) is 5.71. The molecule has 2 rings (SSSR count). The lowest BCUT2D eigenvalue weighted by Crippen LogP contribution is -2.48. The Morgan fingerprint density at radius 1 is 1.35 bits per heavy atom. The summed E-state index contributed by atoms with van der Waals surface area (Å²) in [6, 6.07) is 3.62. The van der Waals surface area contributed by atoms with E-state index in [1.54, 1.807) is 6.07 Å². The predicted octanol–water partition coefficient (Wildman–Crippen LogP) is 1.89. The maximum absolute atomic E-state index is 12.0. The van der Waals surface area contributed by atoms with Gasteiger partial charge in [-0.05, 0) is 25.2 Å². The molecule has 5 heteroatoms. The van der Waals surface area contributed by atoms with Gasteiger partial charge in [0.05, 0.1) is 19.8 Å². The first kappa shape index (κ1) is 15.1. The molecule has 0 aliphatic carbocycles. The standard InChI is InChI=1S/C15H24N2O3/c1-4-17(5-2)8-12-6-7-13(20-12)14(18)16-9-15(3)10-19-11-15/h6-7H,4-5,8-11H2,1-3H3,(H,16,18). The zero-order valence-corrected chi connectivity index (χ0v) is 12.6. The summed E-state index contributed by atoms with van der Waals surface area (Å²) in [6.07, 6.45) is 0. The number of hydrogen-bond donors (Lipinski definition) is 1. The molecule has 0 unspecified atom stereocenters. The highest BCUT2D eigenvalue weighted by Crippen LogP contribution is 2.25. The molecule has 20 heavy (non-hydrogen) atoms. The van der Waals surface area contributed by atoms with Gasteiger partial charge in [0.2, 0.25) is 0 Å². The number of nitrogens with zero attached hydrogens (tertiary/aromatic N) is 1. The molecular weight excluding hydrogens is 256 g/mol. The van der Waals surface area contributed by atoms with Gasteiger partial charge in [-0.2, -0.15) is 0 Å². The lowest BCUT2D eigenvalue weighted by molar-refractivity contribution is -0.0978. The Labute approximate surface area is 120 Å². The lowest BCUT2D eigenvalue weighted by atomic mass is 9.89. The van der Waals surface area contributed by atoms with Gasteiger partial charge in [0, 0.05) is 12.0 Å². The fourth-order valence-corrected chi connectivity index (χ4v) is 2.19. The maximum Gasteiger partial charge on any atom is 0.287 e.